The molecular weight excluding hydrogens is 763 g/mol. The number of rotatable bonds is 16. The van der Waals surface area contributed by atoms with Gasteiger partial charge in [0.25, 0.3) is 0 Å². The van der Waals surface area contributed by atoms with Crippen LogP contribution in [0.2, 0.25) is 0 Å². The molecule has 0 aromatic heterocycles. The van der Waals surface area contributed by atoms with Crippen LogP contribution in [-0.2, 0) is 20.9 Å². The van der Waals surface area contributed by atoms with Crippen LogP contribution in [0.5, 0.6) is 23.0 Å². The van der Waals surface area contributed by atoms with Crippen molar-refractivity contribution in [3.63, 3.8) is 0 Å². The normalized spacial score (nSPS) is 14.7. The molecule has 15 heteroatoms. The molecule has 3 aromatic carbocycles. The van der Waals surface area contributed by atoms with Crippen molar-refractivity contribution in [1.29, 1.82) is 0 Å². The number of hydrazone groups is 1. The van der Waals surface area contributed by atoms with Gasteiger partial charge in [-0.25, -0.2) is 14.4 Å². The van der Waals surface area contributed by atoms with Crippen LogP contribution in [0.25, 0.3) is 0 Å². The monoisotopic (exact) mass is 802 g/mol. The number of carbonyl (C=O) groups excluding carboxylic acids is 3. The fraction of sp³-hybridized carbons (Fsp3) is 0.314. The highest BCUT2D eigenvalue weighted by molar-refractivity contribution is 14.1. The lowest BCUT2D eigenvalue weighted by Crippen LogP contribution is -2.45. The van der Waals surface area contributed by atoms with Gasteiger partial charge in [-0.05, 0) is 90.9 Å². The lowest BCUT2D eigenvalue weighted by atomic mass is 9.95. The molecule has 0 unspecified atom stereocenters. The van der Waals surface area contributed by atoms with Crippen molar-refractivity contribution in [3.05, 3.63) is 91.7 Å². The van der Waals surface area contributed by atoms with Crippen LogP contribution in [0.15, 0.2) is 71.0 Å². The van der Waals surface area contributed by atoms with E-state index in [0.29, 0.717) is 58.6 Å². The van der Waals surface area contributed by atoms with Gasteiger partial charge in [-0.1, -0.05) is 18.2 Å². The smallest absolute Gasteiger partial charge is 0.338 e. The number of halogens is 1. The van der Waals surface area contributed by atoms with Crippen LogP contribution >= 0.6 is 22.6 Å². The number of methoxy groups -OCH3 is 2. The van der Waals surface area contributed by atoms with Gasteiger partial charge in [0.2, 0.25) is 0 Å². The quantitative estimate of drug-likeness (QED) is 0.0525. The SMILES string of the molecule is CCOC(=O)c1ccc(COc2c(/C=N/N[C@H](O)COc3ccc([C@@H]4NC(=O)NC(C)=C4C(=O)OC)cc3OCC)cc(I)cc2OC)cc1. The van der Waals surface area contributed by atoms with E-state index in [1.807, 2.05) is 12.1 Å². The van der Waals surface area contributed by atoms with E-state index in [4.69, 9.17) is 28.4 Å². The summed E-state index contributed by atoms with van der Waals surface area (Å²) >= 11 is 2.15. The summed E-state index contributed by atoms with van der Waals surface area (Å²) in [6, 6.07) is 14.3. The molecule has 0 aliphatic carbocycles. The molecule has 1 aliphatic rings. The van der Waals surface area contributed by atoms with E-state index in [1.54, 1.807) is 63.2 Å². The van der Waals surface area contributed by atoms with Gasteiger partial charge in [0.1, 0.15) is 13.2 Å². The zero-order valence-electron chi connectivity index (χ0n) is 28.2. The predicted octanol–water partition coefficient (Wildman–Crippen LogP) is 4.58. The van der Waals surface area contributed by atoms with Crippen molar-refractivity contribution in [1.82, 2.24) is 16.1 Å². The Balaban J connectivity index is 1.42. The van der Waals surface area contributed by atoms with Crippen molar-refractivity contribution in [2.24, 2.45) is 5.10 Å². The Morgan fingerprint density at radius 1 is 0.980 bits per heavy atom. The first-order valence-electron chi connectivity index (χ1n) is 15.6. The summed E-state index contributed by atoms with van der Waals surface area (Å²) in [5.41, 5.74) is 5.70. The number of benzene rings is 3. The number of hydrogen-bond donors (Lipinski definition) is 4. The van der Waals surface area contributed by atoms with Crippen LogP contribution in [0.1, 0.15) is 53.9 Å². The Kier molecular flexibility index (Phi) is 13.7. The molecule has 0 spiro atoms. The van der Waals surface area contributed by atoms with Gasteiger partial charge in [-0.3, -0.25) is 5.43 Å². The molecule has 0 radical (unpaired) electrons. The van der Waals surface area contributed by atoms with E-state index >= 15 is 0 Å². The molecule has 50 heavy (non-hydrogen) atoms. The highest BCUT2D eigenvalue weighted by atomic mass is 127. The maximum atomic E-state index is 12.5. The van der Waals surface area contributed by atoms with E-state index in [9.17, 15) is 19.5 Å². The predicted molar refractivity (Wildman–Crippen MR) is 191 cm³/mol. The Hall–Kier alpha value is -5.03. The molecular formula is C35H39IN4O10. The number of esters is 2. The maximum absolute atomic E-state index is 12.5. The van der Waals surface area contributed by atoms with E-state index in [0.717, 1.165) is 9.13 Å². The molecule has 2 atom stereocenters. The lowest BCUT2D eigenvalue weighted by Gasteiger charge is -2.28. The molecule has 0 saturated carbocycles. The number of hydrogen-bond acceptors (Lipinski definition) is 12. The van der Waals surface area contributed by atoms with E-state index in [2.05, 4.69) is 43.8 Å². The van der Waals surface area contributed by atoms with Crippen LogP contribution < -0.4 is 35.0 Å². The molecule has 14 nitrogen and oxygen atoms in total. The second-order valence-electron chi connectivity index (χ2n) is 10.6. The second-order valence-corrected chi connectivity index (χ2v) is 11.9. The first-order chi connectivity index (χ1) is 24.1. The summed E-state index contributed by atoms with van der Waals surface area (Å²) in [7, 11) is 2.80. The van der Waals surface area contributed by atoms with Gasteiger partial charge < -0.3 is 44.2 Å². The van der Waals surface area contributed by atoms with Crippen molar-refractivity contribution in [2.45, 2.75) is 39.6 Å². The molecule has 0 bridgehead atoms. The second kappa shape index (κ2) is 18.1. The molecule has 1 aliphatic heterocycles. The van der Waals surface area contributed by atoms with Gasteiger partial charge in [-0.15, -0.1) is 0 Å². The van der Waals surface area contributed by atoms with Gasteiger partial charge in [0, 0.05) is 14.8 Å². The Labute approximate surface area is 303 Å². The van der Waals surface area contributed by atoms with E-state index in [-0.39, 0.29) is 18.8 Å². The largest absolute Gasteiger partial charge is 0.493 e. The number of nitrogens with one attached hydrogen (secondary N) is 3. The number of urea groups is 1. The number of amides is 2. The topological polar surface area (TPSA) is 175 Å². The fourth-order valence-electron chi connectivity index (χ4n) is 4.91. The zero-order chi connectivity index (χ0) is 36.2. The summed E-state index contributed by atoms with van der Waals surface area (Å²) in [4.78, 5) is 36.7. The highest BCUT2D eigenvalue weighted by Gasteiger charge is 2.32. The molecule has 1 heterocycles. The number of ether oxygens (including phenoxy) is 6. The molecule has 4 rings (SSSR count). The summed E-state index contributed by atoms with van der Waals surface area (Å²) < 4.78 is 34.1. The van der Waals surface area contributed by atoms with E-state index < -0.39 is 30.2 Å². The summed E-state index contributed by atoms with van der Waals surface area (Å²) in [6.45, 7) is 5.77. The van der Waals surface area contributed by atoms with Crippen LogP contribution in [0.3, 0.4) is 0 Å². The summed E-state index contributed by atoms with van der Waals surface area (Å²) in [5.74, 6) is 0.624. The summed E-state index contributed by atoms with van der Waals surface area (Å²) in [6.07, 6.45) is 0.280. The van der Waals surface area contributed by atoms with Crippen molar-refractivity contribution < 1.29 is 47.9 Å². The van der Waals surface area contributed by atoms with Crippen molar-refractivity contribution in [3.8, 4) is 23.0 Å². The Bertz CT molecular complexity index is 1750. The first-order valence-corrected chi connectivity index (χ1v) is 16.6. The van der Waals surface area contributed by atoms with Crippen LogP contribution in [0.4, 0.5) is 4.79 Å². The molecule has 4 N–H and O–H groups in total. The van der Waals surface area contributed by atoms with Gasteiger partial charge in [0.05, 0.1) is 50.8 Å². The molecule has 266 valence electrons. The Morgan fingerprint density at radius 2 is 1.74 bits per heavy atom. The number of nitrogens with zero attached hydrogens (tertiary/aromatic N) is 1. The molecule has 2 amide bonds. The zero-order valence-corrected chi connectivity index (χ0v) is 30.4. The average molecular weight is 803 g/mol. The van der Waals surface area contributed by atoms with Crippen LogP contribution in [0, 0.1) is 3.57 Å². The minimum Gasteiger partial charge on any atom is -0.493 e. The third kappa shape index (κ3) is 9.78. The number of carbonyl (C=O) groups is 3. The third-order valence-corrected chi connectivity index (χ3v) is 7.84. The first kappa shape index (κ1) is 37.8. The number of allylic oxidation sites excluding steroid dienone is 1. The summed E-state index contributed by atoms with van der Waals surface area (Å²) in [5, 5.41) is 20.2. The average Bonchev–Trinajstić information content (AvgIpc) is 3.10. The minimum absolute atomic E-state index is 0.190. The van der Waals surface area contributed by atoms with Gasteiger partial charge in [-0.2, -0.15) is 5.10 Å². The molecule has 0 saturated heterocycles. The van der Waals surface area contributed by atoms with Crippen molar-refractivity contribution in [2.75, 3.05) is 34.0 Å². The lowest BCUT2D eigenvalue weighted by molar-refractivity contribution is -0.136. The standard InChI is InChI=1S/C35H39IN4O10/c1-6-47-27-15-23(31-30(34(43)46-5)20(3)38-35(44)39-31)12-13-26(27)49-19-29(41)40-37-17-24-14-25(36)16-28(45-4)32(24)50-18-21-8-10-22(11-9-21)33(42)48-7-2/h8-17,29,31,40-41H,6-7,18-19H2,1-5H3,(H2,38,39,44)/b37-17+/t29-,31+/m1/s1. The molecule has 0 fully saturated rings. The van der Waals surface area contributed by atoms with Gasteiger partial charge in [0.15, 0.2) is 29.2 Å². The van der Waals surface area contributed by atoms with Gasteiger partial charge >= 0.3 is 18.0 Å². The molecule has 3 aromatic rings. The highest BCUT2D eigenvalue weighted by Crippen LogP contribution is 2.35. The minimum atomic E-state index is -1.22. The van der Waals surface area contributed by atoms with Crippen molar-refractivity contribution >= 4 is 46.8 Å². The number of aliphatic hydroxyl groups excluding tert-OH is 1. The Morgan fingerprint density at radius 3 is 2.42 bits per heavy atom. The fourth-order valence-corrected chi connectivity index (χ4v) is 5.53. The van der Waals surface area contributed by atoms with Crippen LogP contribution in [-0.4, -0.2) is 69.6 Å². The maximum Gasteiger partial charge on any atom is 0.338 e. The third-order valence-electron chi connectivity index (χ3n) is 7.22. The van der Waals surface area contributed by atoms with E-state index in [1.165, 1.54) is 20.4 Å². The number of aliphatic hydroxyl groups is 1.